The van der Waals surface area contributed by atoms with E-state index in [4.69, 9.17) is 4.74 Å². The topological polar surface area (TPSA) is 26.3 Å². The molecule has 2 nitrogen and oxygen atoms in total. The molecular formula is C16H22O2. The summed E-state index contributed by atoms with van der Waals surface area (Å²) in [5, 5.41) is 0. The van der Waals surface area contributed by atoms with Crippen LogP contribution in [0.4, 0.5) is 0 Å². The predicted molar refractivity (Wildman–Crippen MR) is 75.0 cm³/mol. The van der Waals surface area contributed by atoms with Crippen molar-refractivity contribution in [2.24, 2.45) is 0 Å². The van der Waals surface area contributed by atoms with Gasteiger partial charge in [-0.15, -0.1) is 6.58 Å². The lowest BCUT2D eigenvalue weighted by molar-refractivity contribution is -0.131. The Bertz CT molecular complexity index is 421. The molecule has 0 aliphatic carbocycles. The molecule has 1 aromatic carbocycles. The molecule has 0 N–H and O–H groups in total. The Kier molecular flexibility index (Phi) is 5.63. The minimum atomic E-state index is -0.278. The summed E-state index contributed by atoms with van der Waals surface area (Å²) in [5.41, 5.74) is 2.37. The van der Waals surface area contributed by atoms with Crippen molar-refractivity contribution in [1.29, 1.82) is 0 Å². The Hall–Kier alpha value is -1.57. The van der Waals surface area contributed by atoms with Gasteiger partial charge in [-0.05, 0) is 42.0 Å². The van der Waals surface area contributed by atoms with Crippen LogP contribution in [0.1, 0.15) is 50.7 Å². The minimum Gasteiger partial charge on any atom is -0.427 e. The number of carbonyl (C=O) groups is 1. The van der Waals surface area contributed by atoms with E-state index in [1.807, 2.05) is 18.2 Å². The van der Waals surface area contributed by atoms with Crippen molar-refractivity contribution in [1.82, 2.24) is 0 Å². The highest BCUT2D eigenvalue weighted by atomic mass is 16.5. The number of allylic oxidation sites excluding steroid dienone is 1. The Balaban J connectivity index is 3.02. The van der Waals surface area contributed by atoms with Crippen molar-refractivity contribution in [2.75, 3.05) is 0 Å². The molecule has 18 heavy (non-hydrogen) atoms. The van der Waals surface area contributed by atoms with Crippen LogP contribution in [-0.2, 0) is 11.2 Å². The van der Waals surface area contributed by atoms with Gasteiger partial charge in [0.05, 0.1) is 0 Å². The highest BCUT2D eigenvalue weighted by molar-refractivity contribution is 5.69. The number of rotatable bonds is 6. The predicted octanol–water partition coefficient (Wildman–Crippen LogP) is 4.24. The lowest BCUT2D eigenvalue weighted by Crippen LogP contribution is -2.03. The maximum absolute atomic E-state index is 11.0. The Morgan fingerprint density at radius 3 is 2.72 bits per heavy atom. The monoisotopic (exact) mass is 246 g/mol. The van der Waals surface area contributed by atoms with Gasteiger partial charge in [-0.3, -0.25) is 4.79 Å². The molecule has 0 heterocycles. The zero-order valence-electron chi connectivity index (χ0n) is 11.5. The maximum atomic E-state index is 11.0. The number of carbonyl (C=O) groups excluding carboxylic acids is 1. The molecule has 0 saturated heterocycles. The number of unbranched alkanes of at least 4 members (excludes halogenated alkanes) is 1. The smallest absolute Gasteiger partial charge is 0.308 e. The first-order valence-corrected chi connectivity index (χ1v) is 6.51. The third-order valence-electron chi connectivity index (χ3n) is 2.95. The Morgan fingerprint density at radius 2 is 2.17 bits per heavy atom. The fraction of sp³-hybridized carbons (Fsp3) is 0.438. The lowest BCUT2D eigenvalue weighted by Gasteiger charge is -2.12. The number of hydrogen-bond acceptors (Lipinski definition) is 2. The van der Waals surface area contributed by atoms with Gasteiger partial charge < -0.3 is 4.74 Å². The van der Waals surface area contributed by atoms with Crippen LogP contribution < -0.4 is 4.74 Å². The molecule has 0 bridgehead atoms. The van der Waals surface area contributed by atoms with Gasteiger partial charge in [0.1, 0.15) is 5.75 Å². The number of ether oxygens (including phenoxy) is 1. The van der Waals surface area contributed by atoms with Crippen LogP contribution in [-0.4, -0.2) is 5.97 Å². The average molecular weight is 246 g/mol. The number of hydrogen-bond donors (Lipinski definition) is 0. The van der Waals surface area contributed by atoms with Crippen molar-refractivity contribution >= 4 is 5.97 Å². The number of benzene rings is 1. The van der Waals surface area contributed by atoms with Crippen molar-refractivity contribution in [2.45, 2.75) is 46.0 Å². The molecular weight excluding hydrogens is 224 g/mol. The quantitative estimate of drug-likeness (QED) is 0.426. The van der Waals surface area contributed by atoms with Gasteiger partial charge in [0.2, 0.25) is 0 Å². The highest BCUT2D eigenvalue weighted by Gasteiger charge is 2.07. The van der Waals surface area contributed by atoms with Gasteiger partial charge in [-0.1, -0.05) is 32.4 Å². The summed E-state index contributed by atoms with van der Waals surface area (Å²) in [4.78, 5) is 11.0. The number of aryl methyl sites for hydroxylation is 1. The Labute approximate surface area is 110 Å². The molecule has 0 aliphatic heterocycles. The van der Waals surface area contributed by atoms with Gasteiger partial charge in [0.15, 0.2) is 0 Å². The molecule has 98 valence electrons. The average Bonchev–Trinajstić information content (AvgIpc) is 2.34. The fourth-order valence-electron chi connectivity index (χ4n) is 1.84. The summed E-state index contributed by atoms with van der Waals surface area (Å²) >= 11 is 0. The van der Waals surface area contributed by atoms with Gasteiger partial charge in [-0.2, -0.15) is 0 Å². The molecule has 1 unspecified atom stereocenters. The molecule has 0 aliphatic rings. The van der Waals surface area contributed by atoms with Crippen LogP contribution in [0.15, 0.2) is 30.9 Å². The van der Waals surface area contributed by atoms with Crippen LogP contribution in [0, 0.1) is 0 Å². The molecule has 2 heteroatoms. The summed E-state index contributed by atoms with van der Waals surface area (Å²) in [7, 11) is 0. The SMILES string of the molecule is C=CC(C)c1cc(CCCC)cc(OC(C)=O)c1. The van der Waals surface area contributed by atoms with Crippen molar-refractivity contribution in [3.8, 4) is 5.75 Å². The molecule has 1 aromatic rings. The summed E-state index contributed by atoms with van der Waals surface area (Å²) in [6, 6.07) is 6.05. The molecule has 0 aromatic heterocycles. The van der Waals surface area contributed by atoms with Crippen molar-refractivity contribution < 1.29 is 9.53 Å². The van der Waals surface area contributed by atoms with E-state index >= 15 is 0 Å². The van der Waals surface area contributed by atoms with E-state index in [1.165, 1.54) is 12.5 Å². The van der Waals surface area contributed by atoms with Crippen LogP contribution in [0.2, 0.25) is 0 Å². The van der Waals surface area contributed by atoms with Crippen LogP contribution in [0.3, 0.4) is 0 Å². The van der Waals surface area contributed by atoms with Gasteiger partial charge in [0.25, 0.3) is 0 Å². The molecule has 0 fully saturated rings. The second kappa shape index (κ2) is 7.00. The van der Waals surface area contributed by atoms with Crippen molar-refractivity contribution in [3.63, 3.8) is 0 Å². The molecule has 0 spiro atoms. The first kappa shape index (κ1) is 14.5. The zero-order chi connectivity index (χ0) is 13.5. The first-order chi connectivity index (χ1) is 8.56. The molecule has 0 amide bonds. The van der Waals surface area contributed by atoms with E-state index in [0.717, 1.165) is 24.8 Å². The maximum Gasteiger partial charge on any atom is 0.308 e. The summed E-state index contributed by atoms with van der Waals surface area (Å²) in [5.74, 6) is 0.625. The van der Waals surface area contributed by atoms with E-state index in [9.17, 15) is 4.79 Å². The molecule has 1 rings (SSSR count). The standard InChI is InChI=1S/C16H22O2/c1-5-7-8-14-9-15(12(3)6-2)11-16(10-14)18-13(4)17/h6,9-12H,2,5,7-8H2,1,3-4H3. The van der Waals surface area contributed by atoms with E-state index < -0.39 is 0 Å². The molecule has 1 atom stereocenters. The van der Waals surface area contributed by atoms with E-state index in [0.29, 0.717) is 5.75 Å². The lowest BCUT2D eigenvalue weighted by atomic mass is 9.97. The van der Waals surface area contributed by atoms with E-state index in [1.54, 1.807) is 0 Å². The second-order valence-electron chi connectivity index (χ2n) is 4.63. The van der Waals surface area contributed by atoms with E-state index in [2.05, 4.69) is 26.5 Å². The van der Waals surface area contributed by atoms with E-state index in [-0.39, 0.29) is 11.9 Å². The summed E-state index contributed by atoms with van der Waals surface area (Å²) < 4.78 is 5.20. The fourth-order valence-corrected chi connectivity index (χ4v) is 1.84. The molecule has 0 saturated carbocycles. The summed E-state index contributed by atoms with van der Waals surface area (Å²) in [6.07, 6.45) is 5.22. The Morgan fingerprint density at radius 1 is 1.44 bits per heavy atom. The largest absolute Gasteiger partial charge is 0.427 e. The third kappa shape index (κ3) is 4.36. The normalized spacial score (nSPS) is 11.9. The molecule has 0 radical (unpaired) electrons. The van der Waals surface area contributed by atoms with Crippen LogP contribution in [0.25, 0.3) is 0 Å². The second-order valence-corrected chi connectivity index (χ2v) is 4.63. The minimum absolute atomic E-state index is 0.265. The third-order valence-corrected chi connectivity index (χ3v) is 2.95. The van der Waals surface area contributed by atoms with Crippen LogP contribution >= 0.6 is 0 Å². The van der Waals surface area contributed by atoms with Gasteiger partial charge in [0, 0.05) is 6.92 Å². The zero-order valence-corrected chi connectivity index (χ0v) is 11.5. The first-order valence-electron chi connectivity index (χ1n) is 6.51. The van der Waals surface area contributed by atoms with Gasteiger partial charge in [-0.25, -0.2) is 0 Å². The number of esters is 1. The van der Waals surface area contributed by atoms with Crippen molar-refractivity contribution in [3.05, 3.63) is 42.0 Å². The van der Waals surface area contributed by atoms with Gasteiger partial charge >= 0.3 is 5.97 Å². The van der Waals surface area contributed by atoms with Crippen LogP contribution in [0.5, 0.6) is 5.75 Å². The summed E-state index contributed by atoms with van der Waals surface area (Å²) in [6.45, 7) is 9.49. The highest BCUT2D eigenvalue weighted by Crippen LogP contribution is 2.25.